The van der Waals surface area contributed by atoms with E-state index < -0.39 is 0 Å². The molecule has 126 valence electrons. The number of nitrogens with zero attached hydrogens (tertiary/aromatic N) is 4. The molecule has 1 atom stereocenters. The Balaban J connectivity index is 1.70. The van der Waals surface area contributed by atoms with Gasteiger partial charge in [-0.1, -0.05) is 11.6 Å². The van der Waals surface area contributed by atoms with Crippen molar-refractivity contribution < 1.29 is 4.79 Å². The third-order valence-corrected chi connectivity index (χ3v) is 4.40. The summed E-state index contributed by atoms with van der Waals surface area (Å²) in [4.78, 5) is 30.3. The van der Waals surface area contributed by atoms with E-state index >= 15 is 0 Å². The number of aryl methyl sites for hydroxylation is 1. The summed E-state index contributed by atoms with van der Waals surface area (Å²) in [5, 5.41) is 7.58. The lowest BCUT2D eigenvalue weighted by atomic mass is 10.0. The molecule has 0 spiro atoms. The molecule has 7 nitrogen and oxygen atoms in total. The molecule has 0 aliphatic carbocycles. The highest BCUT2D eigenvalue weighted by Gasteiger charge is 2.26. The maximum atomic E-state index is 12.4. The van der Waals surface area contributed by atoms with Crippen molar-refractivity contribution >= 4 is 23.3 Å². The van der Waals surface area contributed by atoms with Crippen LogP contribution in [0.4, 0.5) is 5.82 Å². The summed E-state index contributed by atoms with van der Waals surface area (Å²) in [6.07, 6.45) is 2.20. The number of hydrogen-bond donors (Lipinski definition) is 1. The number of amides is 1. The second kappa shape index (κ2) is 6.70. The minimum Gasteiger partial charge on any atom is -0.309 e. The summed E-state index contributed by atoms with van der Waals surface area (Å²) in [6, 6.07) is 4.58. The van der Waals surface area contributed by atoms with Crippen LogP contribution < -0.4 is 10.9 Å². The molecule has 0 bridgehead atoms. The molecule has 8 heteroatoms. The quantitative estimate of drug-likeness (QED) is 0.902. The number of rotatable bonds is 3. The fourth-order valence-electron chi connectivity index (χ4n) is 2.69. The second-order valence-electron chi connectivity index (χ2n) is 5.83. The van der Waals surface area contributed by atoms with Crippen LogP contribution in [0.2, 0.25) is 5.02 Å². The average Bonchev–Trinajstić information content (AvgIpc) is 2.57. The van der Waals surface area contributed by atoms with Crippen LogP contribution in [-0.4, -0.2) is 38.2 Å². The first kappa shape index (κ1) is 16.6. The predicted octanol–water partition coefficient (Wildman–Crippen LogP) is 1.21. The zero-order chi connectivity index (χ0) is 17.3. The maximum absolute atomic E-state index is 12.4. The Hall–Kier alpha value is -2.25. The fraction of sp³-hybridized carbons (Fsp3) is 0.375. The summed E-state index contributed by atoms with van der Waals surface area (Å²) in [5.41, 5.74) is 1.66. The molecule has 1 N–H and O–H groups in total. The number of fused-ring (bicyclic) bond motifs is 1. The van der Waals surface area contributed by atoms with Crippen LogP contribution in [0, 0.1) is 0 Å². The Labute approximate surface area is 144 Å². The molecule has 24 heavy (non-hydrogen) atoms. The van der Waals surface area contributed by atoms with E-state index in [-0.39, 0.29) is 17.5 Å². The topological polar surface area (TPSA) is 80.1 Å². The molecule has 1 aliphatic heterocycles. The molecule has 0 aromatic carbocycles. The van der Waals surface area contributed by atoms with Gasteiger partial charge in [0, 0.05) is 38.8 Å². The number of halogens is 1. The smallest absolute Gasteiger partial charge is 0.266 e. The monoisotopic (exact) mass is 347 g/mol. The van der Waals surface area contributed by atoms with Gasteiger partial charge in [0.2, 0.25) is 5.91 Å². The predicted molar refractivity (Wildman–Crippen MR) is 90.9 cm³/mol. The van der Waals surface area contributed by atoms with E-state index in [0.29, 0.717) is 30.4 Å². The molecule has 0 radical (unpaired) electrons. The number of aromatic nitrogens is 3. The van der Waals surface area contributed by atoms with E-state index in [4.69, 9.17) is 11.6 Å². The summed E-state index contributed by atoms with van der Waals surface area (Å²) in [7, 11) is 1.64. The van der Waals surface area contributed by atoms with Crippen molar-refractivity contribution in [1.29, 1.82) is 0 Å². The Morgan fingerprint density at radius 2 is 2.21 bits per heavy atom. The Morgan fingerprint density at radius 1 is 1.42 bits per heavy atom. The lowest BCUT2D eigenvalue weighted by Gasteiger charge is -2.32. The molecular formula is C16H18ClN5O2. The summed E-state index contributed by atoms with van der Waals surface area (Å²) in [5.74, 6) is 0.314. The molecule has 0 fully saturated rings. The van der Waals surface area contributed by atoms with Crippen molar-refractivity contribution in [3.8, 4) is 0 Å². The van der Waals surface area contributed by atoms with Gasteiger partial charge in [0.15, 0.2) is 0 Å². The first-order chi connectivity index (χ1) is 11.4. The highest BCUT2D eigenvalue weighted by atomic mass is 35.5. The van der Waals surface area contributed by atoms with Gasteiger partial charge in [-0.05, 0) is 24.6 Å². The lowest BCUT2D eigenvalue weighted by molar-refractivity contribution is -0.121. The van der Waals surface area contributed by atoms with Crippen molar-refractivity contribution in [2.45, 2.75) is 25.9 Å². The first-order valence-corrected chi connectivity index (χ1v) is 8.04. The summed E-state index contributed by atoms with van der Waals surface area (Å²) < 4.78 is 1.34. The van der Waals surface area contributed by atoms with Gasteiger partial charge >= 0.3 is 0 Å². The number of carbonyl (C=O) groups is 1. The third kappa shape index (κ3) is 3.47. The van der Waals surface area contributed by atoms with E-state index in [2.05, 4.69) is 15.4 Å². The largest absolute Gasteiger partial charge is 0.309 e. The van der Waals surface area contributed by atoms with Crippen LogP contribution in [0.25, 0.3) is 0 Å². The first-order valence-electron chi connectivity index (χ1n) is 7.66. The second-order valence-corrected chi connectivity index (χ2v) is 6.26. The van der Waals surface area contributed by atoms with Crippen LogP contribution in [-0.2, 0) is 24.8 Å². The standard InChI is InChI=1S/C16H18ClN5O2/c1-10(16(24)19-14-4-3-12(17)8-18-14)22-6-5-13-11(9-22)7-15(23)21(2)20-13/h3-4,7-8,10H,5-6,9H2,1-2H3,(H,18,19,24)/t10-/m0/s1. The van der Waals surface area contributed by atoms with Crippen molar-refractivity contribution in [3.63, 3.8) is 0 Å². The van der Waals surface area contributed by atoms with Crippen LogP contribution in [0.5, 0.6) is 0 Å². The molecule has 0 saturated heterocycles. The fourth-order valence-corrected chi connectivity index (χ4v) is 2.80. The normalized spacial score (nSPS) is 15.6. The van der Waals surface area contributed by atoms with E-state index in [1.807, 2.05) is 11.8 Å². The SMILES string of the molecule is C[C@@H](C(=O)Nc1ccc(Cl)cn1)N1CCc2nn(C)c(=O)cc2C1. The van der Waals surface area contributed by atoms with E-state index in [1.165, 1.54) is 10.9 Å². The van der Waals surface area contributed by atoms with Crippen LogP contribution >= 0.6 is 11.6 Å². The molecule has 1 aliphatic rings. The Kier molecular flexibility index (Phi) is 4.64. The zero-order valence-electron chi connectivity index (χ0n) is 13.5. The van der Waals surface area contributed by atoms with Crippen molar-refractivity contribution in [2.75, 3.05) is 11.9 Å². The zero-order valence-corrected chi connectivity index (χ0v) is 14.2. The van der Waals surface area contributed by atoms with Crippen molar-refractivity contribution in [2.24, 2.45) is 7.05 Å². The van der Waals surface area contributed by atoms with E-state index in [9.17, 15) is 9.59 Å². The lowest BCUT2D eigenvalue weighted by Crippen LogP contribution is -2.45. The van der Waals surface area contributed by atoms with Gasteiger partial charge in [0.05, 0.1) is 16.8 Å². The van der Waals surface area contributed by atoms with Gasteiger partial charge in [0.25, 0.3) is 5.56 Å². The van der Waals surface area contributed by atoms with Gasteiger partial charge in [-0.3, -0.25) is 14.5 Å². The minimum absolute atomic E-state index is 0.141. The number of anilines is 1. The van der Waals surface area contributed by atoms with Crippen LogP contribution in [0.15, 0.2) is 29.2 Å². The minimum atomic E-state index is -0.348. The van der Waals surface area contributed by atoms with Crippen LogP contribution in [0.3, 0.4) is 0 Å². The molecule has 2 aromatic rings. The number of pyridine rings is 1. The van der Waals surface area contributed by atoms with Crippen molar-refractivity contribution in [3.05, 3.63) is 51.0 Å². The third-order valence-electron chi connectivity index (χ3n) is 4.17. The Morgan fingerprint density at radius 3 is 2.92 bits per heavy atom. The molecule has 1 amide bonds. The number of nitrogens with one attached hydrogen (secondary N) is 1. The summed E-state index contributed by atoms with van der Waals surface area (Å²) in [6.45, 7) is 3.08. The van der Waals surface area contributed by atoms with E-state index in [1.54, 1.807) is 25.2 Å². The molecule has 3 rings (SSSR count). The molecular weight excluding hydrogens is 330 g/mol. The molecule has 2 aromatic heterocycles. The molecule has 3 heterocycles. The highest BCUT2D eigenvalue weighted by molar-refractivity contribution is 6.30. The van der Waals surface area contributed by atoms with Crippen molar-refractivity contribution in [1.82, 2.24) is 19.7 Å². The van der Waals surface area contributed by atoms with Crippen LogP contribution in [0.1, 0.15) is 18.2 Å². The van der Waals surface area contributed by atoms with Gasteiger partial charge in [0.1, 0.15) is 5.82 Å². The molecule has 0 unspecified atom stereocenters. The molecule has 0 saturated carbocycles. The van der Waals surface area contributed by atoms with Gasteiger partial charge in [-0.25, -0.2) is 9.67 Å². The van der Waals surface area contributed by atoms with E-state index in [0.717, 1.165) is 11.3 Å². The maximum Gasteiger partial charge on any atom is 0.266 e. The van der Waals surface area contributed by atoms with Gasteiger partial charge < -0.3 is 5.32 Å². The van der Waals surface area contributed by atoms with Gasteiger partial charge in [-0.15, -0.1) is 0 Å². The number of carbonyl (C=O) groups excluding carboxylic acids is 1. The summed E-state index contributed by atoms with van der Waals surface area (Å²) >= 11 is 5.79. The van der Waals surface area contributed by atoms with Gasteiger partial charge in [-0.2, -0.15) is 5.10 Å². The Bertz CT molecular complexity index is 818. The average molecular weight is 348 g/mol. The number of hydrogen-bond acceptors (Lipinski definition) is 5. The highest BCUT2D eigenvalue weighted by Crippen LogP contribution is 2.18.